The summed E-state index contributed by atoms with van der Waals surface area (Å²) in [6, 6.07) is 1.14. The molecule has 2 rings (SSSR count). The third kappa shape index (κ3) is 3.74. The summed E-state index contributed by atoms with van der Waals surface area (Å²) in [6.07, 6.45) is 0. The van der Waals surface area contributed by atoms with Crippen LogP contribution in [0, 0.1) is 11.6 Å². The highest BCUT2D eigenvalue weighted by Gasteiger charge is 2.42. The molecule has 1 aliphatic rings. The van der Waals surface area contributed by atoms with Gasteiger partial charge in [0.1, 0.15) is 11.6 Å². The number of hydrazine groups is 1. The van der Waals surface area contributed by atoms with E-state index in [1.54, 1.807) is 0 Å². The molecule has 0 aliphatic carbocycles. The first-order valence-corrected chi connectivity index (χ1v) is 8.03. The molecule has 0 aromatic heterocycles. The molecule has 1 saturated heterocycles. The summed E-state index contributed by atoms with van der Waals surface area (Å²) in [7, 11) is -3.23. The van der Waals surface area contributed by atoms with Gasteiger partial charge in [-0.2, -0.15) is 8.78 Å². The first kappa shape index (κ1) is 16.7. The molecule has 0 bridgehead atoms. The van der Waals surface area contributed by atoms with Gasteiger partial charge in [-0.05, 0) is 12.1 Å². The second kappa shape index (κ2) is 5.84. The maximum absolute atomic E-state index is 13.9. The lowest BCUT2D eigenvalue weighted by atomic mass is 10.1. The van der Waals surface area contributed by atoms with Crippen molar-refractivity contribution in [2.75, 3.05) is 24.6 Å². The van der Waals surface area contributed by atoms with E-state index in [-0.39, 0.29) is 24.6 Å². The Hall–Kier alpha value is -1.68. The third-order valence-corrected chi connectivity index (χ3v) is 4.72. The van der Waals surface area contributed by atoms with E-state index < -0.39 is 38.9 Å². The van der Waals surface area contributed by atoms with Crippen LogP contribution in [0.15, 0.2) is 18.2 Å². The minimum atomic E-state index is -4.15. The van der Waals surface area contributed by atoms with Gasteiger partial charge in [-0.3, -0.25) is 10.2 Å². The monoisotopic (exact) mass is 340 g/mol. The largest absolute Gasteiger partial charge is 0.351 e. The highest BCUT2D eigenvalue weighted by atomic mass is 32.2. The summed E-state index contributed by atoms with van der Waals surface area (Å²) in [5, 5.41) is 1.03. The van der Waals surface area contributed by atoms with Crippen LogP contribution >= 0.6 is 0 Å². The van der Waals surface area contributed by atoms with Crippen LogP contribution in [0.1, 0.15) is 5.56 Å². The molecule has 1 N–H and O–H groups in total. The van der Waals surface area contributed by atoms with Gasteiger partial charge in [-0.15, -0.1) is 0 Å². The van der Waals surface area contributed by atoms with Crippen molar-refractivity contribution in [2.24, 2.45) is 0 Å². The van der Waals surface area contributed by atoms with Crippen molar-refractivity contribution in [3.05, 3.63) is 35.4 Å². The van der Waals surface area contributed by atoms with Crippen molar-refractivity contribution >= 4 is 15.7 Å². The summed E-state index contributed by atoms with van der Waals surface area (Å²) in [5.41, 5.74) is 0.751. The lowest BCUT2D eigenvalue weighted by Gasteiger charge is -2.28. The number of carbonyl (C=O) groups excluding carboxylic acids is 1. The summed E-state index contributed by atoms with van der Waals surface area (Å²) < 4.78 is 76.2. The Bertz CT molecular complexity index is 659. The molecule has 0 spiro atoms. The van der Waals surface area contributed by atoms with Crippen molar-refractivity contribution in [1.82, 2.24) is 10.4 Å². The minimum absolute atomic E-state index is 0.137. The third-order valence-electron chi connectivity index (χ3n) is 3.11. The van der Waals surface area contributed by atoms with Crippen molar-refractivity contribution in [1.29, 1.82) is 0 Å². The van der Waals surface area contributed by atoms with Gasteiger partial charge >= 0.3 is 11.8 Å². The number of nitrogens with zero attached hydrogens (tertiary/aromatic N) is 1. The lowest BCUT2D eigenvalue weighted by molar-refractivity contribution is -0.152. The molecule has 0 saturated carbocycles. The second-order valence-corrected chi connectivity index (χ2v) is 7.12. The topological polar surface area (TPSA) is 66.5 Å². The van der Waals surface area contributed by atoms with Gasteiger partial charge in [-0.25, -0.2) is 22.2 Å². The Balaban J connectivity index is 2.10. The van der Waals surface area contributed by atoms with E-state index in [4.69, 9.17) is 0 Å². The molecule has 10 heteroatoms. The first-order valence-electron chi connectivity index (χ1n) is 6.21. The van der Waals surface area contributed by atoms with Crippen LogP contribution in [0.2, 0.25) is 0 Å². The van der Waals surface area contributed by atoms with Gasteiger partial charge in [-0.1, -0.05) is 0 Å². The fraction of sp³-hybridized carbons (Fsp3) is 0.417. The zero-order chi connectivity index (χ0) is 16.5. The minimum Gasteiger partial charge on any atom is -0.283 e. The quantitative estimate of drug-likeness (QED) is 0.828. The van der Waals surface area contributed by atoms with Crippen LogP contribution in [0.3, 0.4) is 0 Å². The molecule has 0 radical (unpaired) electrons. The normalized spacial score (nSPS) is 18.9. The maximum Gasteiger partial charge on any atom is 0.351 e. The molecule has 1 fully saturated rings. The number of rotatable bonds is 3. The van der Waals surface area contributed by atoms with Gasteiger partial charge < -0.3 is 0 Å². The van der Waals surface area contributed by atoms with Crippen molar-refractivity contribution in [2.45, 2.75) is 5.92 Å². The van der Waals surface area contributed by atoms with Crippen LogP contribution in [0.4, 0.5) is 17.6 Å². The number of amides is 1. The van der Waals surface area contributed by atoms with Crippen LogP contribution < -0.4 is 5.43 Å². The van der Waals surface area contributed by atoms with E-state index in [9.17, 15) is 30.8 Å². The van der Waals surface area contributed by atoms with Gasteiger partial charge in [0.25, 0.3) is 0 Å². The average Bonchev–Trinajstić information content (AvgIpc) is 2.40. The second-order valence-electron chi connectivity index (χ2n) is 4.81. The Morgan fingerprint density at radius 1 is 1.09 bits per heavy atom. The first-order chi connectivity index (χ1) is 10.1. The molecule has 1 heterocycles. The number of hydrogen-bond acceptors (Lipinski definition) is 4. The van der Waals surface area contributed by atoms with Crippen LogP contribution in [-0.2, 0) is 20.6 Å². The van der Waals surface area contributed by atoms with Gasteiger partial charge in [0.2, 0.25) is 0 Å². The Morgan fingerprint density at radius 3 is 2.09 bits per heavy atom. The summed E-state index contributed by atoms with van der Waals surface area (Å²) >= 11 is 0. The van der Waals surface area contributed by atoms with Crippen LogP contribution in [0.5, 0.6) is 0 Å². The molecular formula is C12H12F4N2O3S. The molecule has 1 aromatic rings. The van der Waals surface area contributed by atoms with E-state index in [2.05, 4.69) is 0 Å². The predicted molar refractivity (Wildman–Crippen MR) is 68.6 cm³/mol. The summed E-state index contributed by atoms with van der Waals surface area (Å²) in [6.45, 7) is -0.274. The smallest absolute Gasteiger partial charge is 0.283 e. The molecule has 1 aliphatic heterocycles. The molecule has 122 valence electrons. The van der Waals surface area contributed by atoms with Gasteiger partial charge in [0.05, 0.1) is 11.5 Å². The lowest BCUT2D eigenvalue weighted by Crippen LogP contribution is -2.53. The van der Waals surface area contributed by atoms with E-state index in [1.165, 1.54) is 0 Å². The Kier molecular flexibility index (Phi) is 4.43. The van der Waals surface area contributed by atoms with Crippen molar-refractivity contribution in [3.63, 3.8) is 0 Å². The zero-order valence-electron chi connectivity index (χ0n) is 11.2. The summed E-state index contributed by atoms with van der Waals surface area (Å²) in [5.74, 6) is -8.94. The van der Waals surface area contributed by atoms with E-state index >= 15 is 0 Å². The highest BCUT2D eigenvalue weighted by Crippen LogP contribution is 2.29. The van der Waals surface area contributed by atoms with Crippen molar-refractivity contribution in [3.8, 4) is 0 Å². The average molecular weight is 340 g/mol. The van der Waals surface area contributed by atoms with E-state index in [1.807, 2.05) is 5.43 Å². The number of alkyl halides is 2. The predicted octanol–water partition coefficient (Wildman–Crippen LogP) is 0.818. The van der Waals surface area contributed by atoms with E-state index in [0.717, 1.165) is 5.01 Å². The number of sulfone groups is 1. The molecule has 1 amide bonds. The number of benzene rings is 1. The van der Waals surface area contributed by atoms with Gasteiger partial charge in [0, 0.05) is 24.7 Å². The SMILES string of the molecule is O=C(NN1CCS(=O)(=O)CC1)C(F)(F)c1cc(F)cc(F)c1. The standard InChI is InChI=1S/C12H12F4N2O3S/c13-9-5-8(6-10(14)7-9)12(15,16)11(19)17-18-1-3-22(20,21)4-2-18/h5-7H,1-4H2,(H,17,19). The van der Waals surface area contributed by atoms with Gasteiger partial charge in [0.15, 0.2) is 9.84 Å². The van der Waals surface area contributed by atoms with Crippen LogP contribution in [0.25, 0.3) is 0 Å². The molecular weight excluding hydrogens is 328 g/mol. The van der Waals surface area contributed by atoms with Crippen molar-refractivity contribution < 1.29 is 30.8 Å². The molecule has 5 nitrogen and oxygen atoms in total. The molecule has 0 atom stereocenters. The van der Waals surface area contributed by atoms with E-state index in [0.29, 0.717) is 18.2 Å². The number of nitrogens with one attached hydrogen (secondary N) is 1. The molecule has 0 unspecified atom stereocenters. The Labute approximate surface area is 123 Å². The zero-order valence-corrected chi connectivity index (χ0v) is 12.0. The van der Waals surface area contributed by atoms with Crippen LogP contribution in [-0.4, -0.2) is 43.9 Å². The fourth-order valence-electron chi connectivity index (χ4n) is 1.90. The number of carbonyl (C=O) groups is 1. The fourth-order valence-corrected chi connectivity index (χ4v) is 3.11. The molecule has 22 heavy (non-hydrogen) atoms. The molecule has 1 aromatic carbocycles. The summed E-state index contributed by atoms with van der Waals surface area (Å²) in [4.78, 5) is 11.6. The number of hydrogen-bond donors (Lipinski definition) is 1. The number of halogens is 4. The Morgan fingerprint density at radius 2 is 1.59 bits per heavy atom. The maximum atomic E-state index is 13.9. The highest BCUT2D eigenvalue weighted by molar-refractivity contribution is 7.91.